The van der Waals surface area contributed by atoms with Crippen molar-refractivity contribution >= 4 is 17.7 Å². The van der Waals surface area contributed by atoms with Gasteiger partial charge in [0.05, 0.1) is 12.8 Å². The van der Waals surface area contributed by atoms with E-state index >= 15 is 0 Å². The third-order valence-electron chi connectivity index (χ3n) is 8.61. The second kappa shape index (κ2) is 7.00. The standard InChI is InChI=1S/C23H32O5/c1-22-11-9-15(28-21(27)8-7-20(25)26)13-14(22)3-4-16-17-5-6-19(24)23(17,2)12-10-18(16)22/h3,15-18H,4-13H2,1-2H3,(H,25,26)/t15-,16-,17-,18-,22+,23+/m1/s1. The topological polar surface area (TPSA) is 80.7 Å². The number of Topliss-reactive ketones (excluding diaryl/α,β-unsaturated/α-hetero) is 1. The molecule has 28 heavy (non-hydrogen) atoms. The number of hydrogen-bond acceptors (Lipinski definition) is 4. The molecule has 0 saturated heterocycles. The third kappa shape index (κ3) is 3.11. The predicted octanol–water partition coefficient (Wildman–Crippen LogP) is 4.29. The first kappa shape index (κ1) is 19.7. The third-order valence-corrected chi connectivity index (χ3v) is 8.61. The summed E-state index contributed by atoms with van der Waals surface area (Å²) in [6.45, 7) is 4.59. The number of aliphatic carboxylic acids is 1. The van der Waals surface area contributed by atoms with Crippen LogP contribution in [0.25, 0.3) is 0 Å². The number of carboxylic acid groups (broad SMARTS) is 1. The van der Waals surface area contributed by atoms with Crippen LogP contribution in [0.2, 0.25) is 0 Å². The first-order chi connectivity index (χ1) is 13.2. The van der Waals surface area contributed by atoms with Gasteiger partial charge in [0, 0.05) is 18.3 Å². The zero-order valence-electron chi connectivity index (χ0n) is 17.0. The summed E-state index contributed by atoms with van der Waals surface area (Å²) >= 11 is 0. The van der Waals surface area contributed by atoms with Crippen LogP contribution in [0.5, 0.6) is 0 Å². The summed E-state index contributed by atoms with van der Waals surface area (Å²) in [5, 5.41) is 8.73. The minimum absolute atomic E-state index is 0.0544. The number of allylic oxidation sites excluding steroid dienone is 1. The number of carboxylic acids is 1. The van der Waals surface area contributed by atoms with Crippen molar-refractivity contribution < 1.29 is 24.2 Å². The van der Waals surface area contributed by atoms with Gasteiger partial charge in [-0.3, -0.25) is 14.4 Å². The van der Waals surface area contributed by atoms with E-state index in [0.717, 1.165) is 51.4 Å². The van der Waals surface area contributed by atoms with Gasteiger partial charge in [-0.05, 0) is 61.7 Å². The Morgan fingerprint density at radius 3 is 2.57 bits per heavy atom. The number of carbonyl (C=O) groups is 3. The van der Waals surface area contributed by atoms with Crippen molar-refractivity contribution in [3.63, 3.8) is 0 Å². The molecule has 4 aliphatic rings. The fraction of sp³-hybridized carbons (Fsp3) is 0.783. The molecule has 1 N–H and O–H groups in total. The van der Waals surface area contributed by atoms with Crippen molar-refractivity contribution in [1.82, 2.24) is 0 Å². The first-order valence-corrected chi connectivity index (χ1v) is 10.9. The number of rotatable bonds is 4. The highest BCUT2D eigenvalue weighted by Gasteiger charge is 2.58. The van der Waals surface area contributed by atoms with E-state index in [1.165, 1.54) is 5.57 Å². The molecular weight excluding hydrogens is 356 g/mol. The number of ketones is 1. The van der Waals surface area contributed by atoms with Gasteiger partial charge in [0.15, 0.2) is 0 Å². The first-order valence-electron chi connectivity index (χ1n) is 10.9. The Balaban J connectivity index is 1.46. The predicted molar refractivity (Wildman–Crippen MR) is 103 cm³/mol. The van der Waals surface area contributed by atoms with Crippen LogP contribution in [0.3, 0.4) is 0 Å². The number of fused-ring (bicyclic) bond motifs is 5. The fourth-order valence-electron chi connectivity index (χ4n) is 6.95. The van der Waals surface area contributed by atoms with E-state index in [4.69, 9.17) is 9.84 Å². The highest BCUT2D eigenvalue weighted by atomic mass is 16.5. The monoisotopic (exact) mass is 388 g/mol. The van der Waals surface area contributed by atoms with Crippen LogP contribution in [0, 0.1) is 28.6 Å². The van der Waals surface area contributed by atoms with Crippen molar-refractivity contribution in [2.75, 3.05) is 0 Å². The van der Waals surface area contributed by atoms with Crippen molar-refractivity contribution in [2.45, 2.75) is 84.2 Å². The lowest BCUT2D eigenvalue weighted by Gasteiger charge is -2.56. The number of carbonyl (C=O) groups excluding carboxylic acids is 2. The molecule has 0 aliphatic heterocycles. The fourth-order valence-corrected chi connectivity index (χ4v) is 6.95. The maximum Gasteiger partial charge on any atom is 0.306 e. The van der Waals surface area contributed by atoms with Crippen LogP contribution in [0.15, 0.2) is 11.6 Å². The van der Waals surface area contributed by atoms with Gasteiger partial charge in [0.2, 0.25) is 0 Å². The Kier molecular flexibility index (Phi) is 4.91. The minimum atomic E-state index is -0.969. The summed E-state index contributed by atoms with van der Waals surface area (Å²) in [5.74, 6) is 0.869. The van der Waals surface area contributed by atoms with Gasteiger partial charge in [-0.15, -0.1) is 0 Å². The Morgan fingerprint density at radius 1 is 1.11 bits per heavy atom. The van der Waals surface area contributed by atoms with Gasteiger partial charge in [0.1, 0.15) is 11.9 Å². The Morgan fingerprint density at radius 2 is 1.82 bits per heavy atom. The Bertz CT molecular complexity index is 725. The zero-order valence-corrected chi connectivity index (χ0v) is 17.0. The Labute approximate surface area is 166 Å². The average Bonchev–Trinajstić information content (AvgIpc) is 2.95. The number of ether oxygens (including phenoxy) is 1. The molecule has 4 rings (SSSR count). The molecule has 5 nitrogen and oxygen atoms in total. The van der Waals surface area contributed by atoms with Crippen molar-refractivity contribution in [3.05, 3.63) is 11.6 Å². The molecule has 0 spiro atoms. The molecule has 0 bridgehead atoms. The molecule has 0 aromatic heterocycles. The highest BCUT2D eigenvalue weighted by Crippen LogP contribution is 2.64. The number of esters is 1. The van der Waals surface area contributed by atoms with E-state index in [1.54, 1.807) is 0 Å². The SMILES string of the molecule is C[C@]12CC[C@@H](OC(=O)CCC(=O)O)CC1=CC[C@H]1[C@H]2CC[C@]2(C)C(=O)CC[C@H]12. The quantitative estimate of drug-likeness (QED) is 0.574. The lowest BCUT2D eigenvalue weighted by atomic mass is 9.48. The van der Waals surface area contributed by atoms with Gasteiger partial charge in [-0.1, -0.05) is 25.5 Å². The molecule has 3 fully saturated rings. The zero-order chi connectivity index (χ0) is 20.1. The van der Waals surface area contributed by atoms with Crippen LogP contribution in [-0.4, -0.2) is 28.9 Å². The molecule has 6 atom stereocenters. The van der Waals surface area contributed by atoms with Crippen LogP contribution < -0.4 is 0 Å². The second-order valence-electron chi connectivity index (χ2n) is 9.93. The van der Waals surface area contributed by atoms with Crippen LogP contribution in [0.1, 0.15) is 78.1 Å². The van der Waals surface area contributed by atoms with Gasteiger partial charge < -0.3 is 9.84 Å². The molecule has 154 valence electrons. The van der Waals surface area contributed by atoms with E-state index < -0.39 is 11.9 Å². The molecule has 0 unspecified atom stereocenters. The average molecular weight is 389 g/mol. The van der Waals surface area contributed by atoms with Gasteiger partial charge >= 0.3 is 11.9 Å². The molecule has 0 aromatic carbocycles. The lowest BCUT2D eigenvalue weighted by Crippen LogP contribution is -2.50. The van der Waals surface area contributed by atoms with Gasteiger partial charge in [-0.2, -0.15) is 0 Å². The van der Waals surface area contributed by atoms with E-state index in [0.29, 0.717) is 23.5 Å². The molecule has 0 radical (unpaired) electrons. The van der Waals surface area contributed by atoms with Crippen molar-refractivity contribution in [2.24, 2.45) is 28.6 Å². The summed E-state index contributed by atoms with van der Waals surface area (Å²) in [4.78, 5) is 35.1. The maximum absolute atomic E-state index is 12.5. The van der Waals surface area contributed by atoms with Crippen molar-refractivity contribution in [1.29, 1.82) is 0 Å². The lowest BCUT2D eigenvalue weighted by molar-refractivity contribution is -0.154. The van der Waals surface area contributed by atoms with Crippen LogP contribution in [0.4, 0.5) is 0 Å². The van der Waals surface area contributed by atoms with Crippen molar-refractivity contribution in [3.8, 4) is 0 Å². The van der Waals surface area contributed by atoms with Crippen LogP contribution >= 0.6 is 0 Å². The molecular formula is C23H32O5. The summed E-state index contributed by atoms with van der Waals surface area (Å²) in [7, 11) is 0. The van der Waals surface area contributed by atoms with Crippen LogP contribution in [-0.2, 0) is 19.1 Å². The van der Waals surface area contributed by atoms with E-state index in [-0.39, 0.29) is 29.8 Å². The van der Waals surface area contributed by atoms with E-state index in [9.17, 15) is 14.4 Å². The molecule has 5 heteroatoms. The van der Waals surface area contributed by atoms with E-state index in [1.807, 2.05) is 0 Å². The van der Waals surface area contributed by atoms with Gasteiger partial charge in [-0.25, -0.2) is 0 Å². The highest BCUT2D eigenvalue weighted by molar-refractivity contribution is 5.87. The summed E-state index contributed by atoms with van der Waals surface area (Å²) in [6, 6.07) is 0. The molecule has 0 amide bonds. The maximum atomic E-state index is 12.5. The Hall–Kier alpha value is -1.65. The second-order valence-corrected chi connectivity index (χ2v) is 9.93. The normalized spacial score (nSPS) is 42.1. The molecule has 4 aliphatic carbocycles. The smallest absolute Gasteiger partial charge is 0.306 e. The minimum Gasteiger partial charge on any atom is -0.481 e. The molecule has 3 saturated carbocycles. The largest absolute Gasteiger partial charge is 0.481 e. The molecule has 0 heterocycles. The molecule has 0 aromatic rings. The summed E-state index contributed by atoms with van der Waals surface area (Å²) in [5.41, 5.74) is 1.48. The summed E-state index contributed by atoms with van der Waals surface area (Å²) in [6.07, 6.45) is 9.66. The number of hydrogen-bond donors (Lipinski definition) is 1. The van der Waals surface area contributed by atoms with E-state index in [2.05, 4.69) is 19.9 Å². The summed E-state index contributed by atoms with van der Waals surface area (Å²) < 4.78 is 5.58. The van der Waals surface area contributed by atoms with Gasteiger partial charge in [0.25, 0.3) is 0 Å².